The highest BCUT2D eigenvalue weighted by Gasteiger charge is 2.16. The predicted octanol–water partition coefficient (Wildman–Crippen LogP) is 5.25. The van der Waals surface area contributed by atoms with Crippen molar-refractivity contribution >= 4 is 27.3 Å². The molecular weight excluding hydrogens is 424 g/mol. The van der Waals surface area contributed by atoms with Crippen molar-refractivity contribution in [3.05, 3.63) is 83.4 Å². The fraction of sp³-hybridized carbons (Fsp3) is 0.240. The van der Waals surface area contributed by atoms with E-state index in [4.69, 9.17) is 4.74 Å². The zero-order chi connectivity index (χ0) is 23.3. The van der Waals surface area contributed by atoms with Gasteiger partial charge in [-0.2, -0.15) is 0 Å². The Kier molecular flexibility index (Phi) is 7.20. The summed E-state index contributed by atoms with van der Waals surface area (Å²) in [6.45, 7) is 7.74. The van der Waals surface area contributed by atoms with Crippen LogP contribution in [0.25, 0.3) is 0 Å². The van der Waals surface area contributed by atoms with E-state index in [1.807, 2.05) is 56.3 Å². The summed E-state index contributed by atoms with van der Waals surface area (Å²) in [7, 11) is -3.75. The number of nitrogens with one attached hydrogen (secondary N) is 2. The minimum absolute atomic E-state index is 0.111. The van der Waals surface area contributed by atoms with Crippen LogP contribution in [0.5, 0.6) is 5.75 Å². The van der Waals surface area contributed by atoms with Crippen molar-refractivity contribution < 1.29 is 17.9 Å². The largest absolute Gasteiger partial charge is 0.484 e. The van der Waals surface area contributed by atoms with Gasteiger partial charge in [0.25, 0.3) is 15.9 Å². The Morgan fingerprint density at radius 1 is 0.938 bits per heavy atom. The lowest BCUT2D eigenvalue weighted by molar-refractivity contribution is -0.118. The van der Waals surface area contributed by atoms with Crippen molar-refractivity contribution in [1.82, 2.24) is 0 Å². The summed E-state index contributed by atoms with van der Waals surface area (Å²) in [5, 5.41) is 2.72. The number of rotatable bonds is 8. The number of hydrogen-bond acceptors (Lipinski definition) is 4. The third kappa shape index (κ3) is 5.88. The van der Waals surface area contributed by atoms with E-state index in [1.165, 1.54) is 12.1 Å². The first-order valence-corrected chi connectivity index (χ1v) is 11.9. The van der Waals surface area contributed by atoms with Gasteiger partial charge in [-0.25, -0.2) is 8.42 Å². The SMILES string of the molecule is Cc1cccc(C)c1NS(=O)(=O)c1ccc(NC(=O)COc2cccc(C(C)C)c2)cc1. The fourth-order valence-electron chi connectivity index (χ4n) is 3.20. The summed E-state index contributed by atoms with van der Waals surface area (Å²) in [6, 6.07) is 19.2. The molecule has 0 fully saturated rings. The van der Waals surface area contributed by atoms with Gasteiger partial charge in [0, 0.05) is 5.69 Å². The van der Waals surface area contributed by atoms with E-state index in [2.05, 4.69) is 23.9 Å². The number of amides is 1. The topological polar surface area (TPSA) is 84.5 Å². The average Bonchev–Trinajstić information content (AvgIpc) is 2.75. The summed E-state index contributed by atoms with van der Waals surface area (Å²) in [6.07, 6.45) is 0. The van der Waals surface area contributed by atoms with Crippen LogP contribution in [0, 0.1) is 13.8 Å². The van der Waals surface area contributed by atoms with Gasteiger partial charge in [-0.05, 0) is 72.9 Å². The molecule has 32 heavy (non-hydrogen) atoms. The molecule has 0 heterocycles. The van der Waals surface area contributed by atoms with Crippen molar-refractivity contribution in [3.8, 4) is 5.75 Å². The van der Waals surface area contributed by atoms with Crippen molar-refractivity contribution in [2.75, 3.05) is 16.6 Å². The van der Waals surface area contributed by atoms with E-state index in [0.717, 1.165) is 16.7 Å². The van der Waals surface area contributed by atoms with E-state index < -0.39 is 10.0 Å². The van der Waals surface area contributed by atoms with Crippen LogP contribution >= 0.6 is 0 Å². The monoisotopic (exact) mass is 452 g/mol. The van der Waals surface area contributed by atoms with Crippen LogP contribution < -0.4 is 14.8 Å². The van der Waals surface area contributed by atoms with Gasteiger partial charge in [-0.15, -0.1) is 0 Å². The standard InChI is InChI=1S/C25H28N2O4S/c1-17(2)20-9-6-10-22(15-20)31-16-24(28)26-21-11-13-23(14-12-21)32(29,30)27-25-18(3)7-5-8-19(25)4/h5-15,17,27H,16H2,1-4H3,(H,26,28). The maximum atomic E-state index is 12.8. The zero-order valence-electron chi connectivity index (χ0n) is 18.7. The molecule has 2 N–H and O–H groups in total. The highest BCUT2D eigenvalue weighted by molar-refractivity contribution is 7.92. The minimum Gasteiger partial charge on any atom is -0.484 e. The van der Waals surface area contributed by atoms with Gasteiger partial charge in [0.05, 0.1) is 10.6 Å². The Labute approximate surface area is 189 Å². The molecule has 168 valence electrons. The van der Waals surface area contributed by atoms with Gasteiger partial charge in [0.2, 0.25) is 0 Å². The highest BCUT2D eigenvalue weighted by Crippen LogP contribution is 2.24. The molecule has 0 atom stereocenters. The summed E-state index contributed by atoms with van der Waals surface area (Å²) in [5.74, 6) is 0.668. The molecule has 0 spiro atoms. The normalized spacial score (nSPS) is 11.3. The lowest BCUT2D eigenvalue weighted by Gasteiger charge is -2.14. The molecule has 0 unspecified atom stereocenters. The second-order valence-corrected chi connectivity index (χ2v) is 9.64. The molecule has 1 amide bonds. The lowest BCUT2D eigenvalue weighted by atomic mass is 10.0. The number of carbonyl (C=O) groups is 1. The number of hydrogen-bond donors (Lipinski definition) is 2. The maximum absolute atomic E-state index is 12.8. The number of para-hydroxylation sites is 1. The van der Waals surface area contributed by atoms with Gasteiger partial charge >= 0.3 is 0 Å². The first-order chi connectivity index (χ1) is 15.2. The molecule has 3 rings (SSSR count). The van der Waals surface area contributed by atoms with Crippen LogP contribution in [-0.2, 0) is 14.8 Å². The molecule has 0 aliphatic heterocycles. The van der Waals surface area contributed by atoms with Crippen LogP contribution in [0.15, 0.2) is 71.6 Å². The van der Waals surface area contributed by atoms with E-state index in [0.29, 0.717) is 23.0 Å². The summed E-state index contributed by atoms with van der Waals surface area (Å²) >= 11 is 0. The van der Waals surface area contributed by atoms with Gasteiger partial charge in [0.1, 0.15) is 5.75 Å². The van der Waals surface area contributed by atoms with E-state index in [1.54, 1.807) is 12.1 Å². The van der Waals surface area contributed by atoms with Gasteiger partial charge < -0.3 is 10.1 Å². The van der Waals surface area contributed by atoms with Crippen LogP contribution in [0.2, 0.25) is 0 Å². The number of benzene rings is 3. The van der Waals surface area contributed by atoms with E-state index in [-0.39, 0.29) is 17.4 Å². The summed E-state index contributed by atoms with van der Waals surface area (Å²) in [5.41, 5.74) is 3.88. The van der Waals surface area contributed by atoms with Crippen molar-refractivity contribution in [3.63, 3.8) is 0 Å². The molecular formula is C25H28N2O4S. The number of ether oxygens (including phenoxy) is 1. The van der Waals surface area contributed by atoms with Crippen molar-refractivity contribution in [2.45, 2.75) is 38.5 Å². The molecule has 0 radical (unpaired) electrons. The second kappa shape index (κ2) is 9.87. The van der Waals surface area contributed by atoms with E-state index in [9.17, 15) is 13.2 Å². The molecule has 7 heteroatoms. The quantitative estimate of drug-likeness (QED) is 0.489. The highest BCUT2D eigenvalue weighted by atomic mass is 32.2. The zero-order valence-corrected chi connectivity index (χ0v) is 19.5. The van der Waals surface area contributed by atoms with Crippen molar-refractivity contribution in [1.29, 1.82) is 0 Å². The van der Waals surface area contributed by atoms with Crippen molar-refractivity contribution in [2.24, 2.45) is 0 Å². The fourth-order valence-corrected chi connectivity index (χ4v) is 4.40. The lowest BCUT2D eigenvalue weighted by Crippen LogP contribution is -2.20. The summed E-state index contributed by atoms with van der Waals surface area (Å²) in [4.78, 5) is 12.3. The second-order valence-electron chi connectivity index (χ2n) is 7.96. The molecule has 0 aromatic heterocycles. The Balaban J connectivity index is 1.61. The Hall–Kier alpha value is -3.32. The van der Waals surface area contributed by atoms with Gasteiger partial charge in [0.15, 0.2) is 6.61 Å². The van der Waals surface area contributed by atoms with Crippen LogP contribution in [0.1, 0.15) is 36.5 Å². The minimum atomic E-state index is -3.75. The third-order valence-electron chi connectivity index (χ3n) is 5.06. The first-order valence-electron chi connectivity index (χ1n) is 10.4. The van der Waals surface area contributed by atoms with Crippen LogP contribution in [-0.4, -0.2) is 20.9 Å². The Morgan fingerprint density at radius 3 is 2.19 bits per heavy atom. The molecule has 0 saturated heterocycles. The number of aryl methyl sites for hydroxylation is 2. The summed E-state index contributed by atoms with van der Waals surface area (Å²) < 4.78 is 33.7. The predicted molar refractivity (Wildman–Crippen MR) is 128 cm³/mol. The Bertz CT molecular complexity index is 1180. The smallest absolute Gasteiger partial charge is 0.262 e. The third-order valence-corrected chi connectivity index (χ3v) is 6.43. The average molecular weight is 453 g/mol. The number of sulfonamides is 1. The molecule has 3 aromatic rings. The molecule has 0 saturated carbocycles. The van der Waals surface area contributed by atoms with Gasteiger partial charge in [-0.1, -0.05) is 44.2 Å². The van der Waals surface area contributed by atoms with E-state index >= 15 is 0 Å². The molecule has 0 bridgehead atoms. The van der Waals surface area contributed by atoms with Crippen LogP contribution in [0.4, 0.5) is 11.4 Å². The van der Waals surface area contributed by atoms with Crippen LogP contribution in [0.3, 0.4) is 0 Å². The Morgan fingerprint density at radius 2 is 1.56 bits per heavy atom. The number of anilines is 2. The number of carbonyl (C=O) groups excluding carboxylic acids is 1. The molecule has 6 nitrogen and oxygen atoms in total. The molecule has 0 aliphatic rings. The molecule has 3 aromatic carbocycles. The first kappa shape index (κ1) is 23.3. The van der Waals surface area contributed by atoms with Gasteiger partial charge in [-0.3, -0.25) is 9.52 Å². The maximum Gasteiger partial charge on any atom is 0.262 e. The molecule has 0 aliphatic carbocycles.